The molecule has 3 rings (SSSR count). The average Bonchev–Trinajstić information content (AvgIpc) is 2.48. The first-order valence-corrected chi connectivity index (χ1v) is 7.25. The van der Waals surface area contributed by atoms with E-state index in [0.717, 1.165) is 45.2 Å². The van der Waals surface area contributed by atoms with E-state index >= 15 is 0 Å². The molecule has 20 heavy (non-hydrogen) atoms. The molecule has 1 aliphatic heterocycles. The second-order valence-electron chi connectivity index (χ2n) is 5.26. The summed E-state index contributed by atoms with van der Waals surface area (Å²) >= 11 is 0. The number of fused-ring (bicyclic) bond motifs is 1. The van der Waals surface area contributed by atoms with Crippen LogP contribution < -0.4 is 4.74 Å². The van der Waals surface area contributed by atoms with Crippen LogP contribution >= 0.6 is 0 Å². The molecule has 3 heteroatoms. The van der Waals surface area contributed by atoms with E-state index in [4.69, 9.17) is 9.47 Å². The zero-order valence-electron chi connectivity index (χ0n) is 12.0. The maximum atomic E-state index is 5.87. The second kappa shape index (κ2) is 6.25. The Kier molecular flexibility index (Phi) is 4.19. The van der Waals surface area contributed by atoms with E-state index < -0.39 is 0 Å². The summed E-state index contributed by atoms with van der Waals surface area (Å²) in [4.78, 5) is 2.38. The van der Waals surface area contributed by atoms with Gasteiger partial charge in [-0.25, -0.2) is 0 Å². The number of hydrogen-bond acceptors (Lipinski definition) is 3. The van der Waals surface area contributed by atoms with E-state index in [1.165, 1.54) is 16.3 Å². The predicted octanol–water partition coefficient (Wildman–Crippen LogP) is 2.86. The Morgan fingerprint density at radius 2 is 2.00 bits per heavy atom. The van der Waals surface area contributed by atoms with Crippen molar-refractivity contribution in [2.45, 2.75) is 6.92 Å². The molecule has 0 atom stereocenters. The largest absolute Gasteiger partial charge is 0.492 e. The molecule has 1 fully saturated rings. The van der Waals surface area contributed by atoms with Gasteiger partial charge in [0, 0.05) is 19.6 Å². The van der Waals surface area contributed by atoms with E-state index in [1.807, 2.05) is 0 Å². The minimum Gasteiger partial charge on any atom is -0.492 e. The monoisotopic (exact) mass is 271 g/mol. The molecule has 106 valence electrons. The van der Waals surface area contributed by atoms with E-state index in [-0.39, 0.29) is 0 Å². The maximum absolute atomic E-state index is 5.87. The molecule has 0 aliphatic carbocycles. The number of morpholine rings is 1. The summed E-state index contributed by atoms with van der Waals surface area (Å²) in [6.07, 6.45) is 0. The van der Waals surface area contributed by atoms with Gasteiger partial charge in [0.25, 0.3) is 0 Å². The van der Waals surface area contributed by atoms with E-state index in [2.05, 4.69) is 48.2 Å². The Hall–Kier alpha value is -1.58. The van der Waals surface area contributed by atoms with Crippen molar-refractivity contribution in [2.24, 2.45) is 0 Å². The minimum atomic E-state index is 0.733. The van der Waals surface area contributed by atoms with Crippen molar-refractivity contribution in [3.8, 4) is 5.75 Å². The van der Waals surface area contributed by atoms with Crippen LogP contribution in [0, 0.1) is 6.92 Å². The summed E-state index contributed by atoms with van der Waals surface area (Å²) < 4.78 is 11.2. The van der Waals surface area contributed by atoms with Gasteiger partial charge in [-0.2, -0.15) is 0 Å². The topological polar surface area (TPSA) is 21.7 Å². The first-order valence-electron chi connectivity index (χ1n) is 7.25. The van der Waals surface area contributed by atoms with Gasteiger partial charge < -0.3 is 9.47 Å². The molecule has 0 N–H and O–H groups in total. The van der Waals surface area contributed by atoms with Gasteiger partial charge in [0.15, 0.2) is 0 Å². The molecule has 1 aliphatic rings. The Morgan fingerprint density at radius 1 is 1.15 bits per heavy atom. The molecule has 1 heterocycles. The van der Waals surface area contributed by atoms with Crippen molar-refractivity contribution in [1.29, 1.82) is 0 Å². The van der Waals surface area contributed by atoms with Gasteiger partial charge in [-0.1, -0.05) is 24.3 Å². The van der Waals surface area contributed by atoms with Gasteiger partial charge in [-0.3, -0.25) is 4.90 Å². The third kappa shape index (κ3) is 3.11. The zero-order chi connectivity index (χ0) is 13.8. The lowest BCUT2D eigenvalue weighted by atomic mass is 10.1. The fourth-order valence-electron chi connectivity index (χ4n) is 2.63. The van der Waals surface area contributed by atoms with Crippen LogP contribution in [0.1, 0.15) is 5.56 Å². The molecule has 2 aromatic rings. The maximum Gasteiger partial charge on any atom is 0.120 e. The van der Waals surface area contributed by atoms with Crippen molar-refractivity contribution < 1.29 is 9.47 Å². The highest BCUT2D eigenvalue weighted by Crippen LogP contribution is 2.23. The number of aryl methyl sites for hydroxylation is 1. The van der Waals surface area contributed by atoms with Crippen molar-refractivity contribution >= 4 is 10.8 Å². The molecule has 0 saturated carbocycles. The standard InChI is InChI=1S/C17H21NO2/c1-14-3-2-4-15-13-16(5-6-17(14)15)20-12-9-18-7-10-19-11-8-18/h2-6,13H,7-12H2,1H3. The number of nitrogens with zero attached hydrogens (tertiary/aromatic N) is 1. The number of hydrogen-bond donors (Lipinski definition) is 0. The lowest BCUT2D eigenvalue weighted by Crippen LogP contribution is -2.38. The SMILES string of the molecule is Cc1cccc2cc(OCCN3CCOCC3)ccc12. The van der Waals surface area contributed by atoms with Gasteiger partial charge >= 0.3 is 0 Å². The molecule has 0 spiro atoms. The first kappa shape index (κ1) is 13.4. The fourth-order valence-corrected chi connectivity index (χ4v) is 2.63. The van der Waals surface area contributed by atoms with Crippen molar-refractivity contribution in [3.63, 3.8) is 0 Å². The Morgan fingerprint density at radius 3 is 2.85 bits per heavy atom. The third-order valence-corrected chi connectivity index (χ3v) is 3.85. The summed E-state index contributed by atoms with van der Waals surface area (Å²) in [7, 11) is 0. The Balaban J connectivity index is 1.60. The van der Waals surface area contributed by atoms with Crippen LogP contribution in [0.25, 0.3) is 10.8 Å². The number of rotatable bonds is 4. The number of ether oxygens (including phenoxy) is 2. The average molecular weight is 271 g/mol. The van der Waals surface area contributed by atoms with E-state index in [1.54, 1.807) is 0 Å². The summed E-state index contributed by atoms with van der Waals surface area (Å²) in [5, 5.41) is 2.54. The molecule has 0 unspecified atom stereocenters. The summed E-state index contributed by atoms with van der Waals surface area (Å²) in [5.41, 5.74) is 1.31. The van der Waals surface area contributed by atoms with Crippen molar-refractivity contribution in [3.05, 3.63) is 42.0 Å². The van der Waals surface area contributed by atoms with Crippen LogP contribution in [0.15, 0.2) is 36.4 Å². The quantitative estimate of drug-likeness (QED) is 0.853. The molecule has 2 aromatic carbocycles. The smallest absolute Gasteiger partial charge is 0.120 e. The fraction of sp³-hybridized carbons (Fsp3) is 0.412. The zero-order valence-corrected chi connectivity index (χ0v) is 12.0. The molecule has 0 amide bonds. The summed E-state index contributed by atoms with van der Waals surface area (Å²) in [6, 6.07) is 12.7. The van der Waals surface area contributed by atoms with E-state index in [0.29, 0.717) is 0 Å². The van der Waals surface area contributed by atoms with Crippen molar-refractivity contribution in [2.75, 3.05) is 39.5 Å². The van der Waals surface area contributed by atoms with Crippen LogP contribution in [0.2, 0.25) is 0 Å². The highest BCUT2D eigenvalue weighted by Gasteiger charge is 2.09. The van der Waals surface area contributed by atoms with Gasteiger partial charge in [0.05, 0.1) is 13.2 Å². The van der Waals surface area contributed by atoms with Gasteiger partial charge in [0.1, 0.15) is 12.4 Å². The van der Waals surface area contributed by atoms with Gasteiger partial charge in [-0.05, 0) is 35.4 Å². The third-order valence-electron chi connectivity index (χ3n) is 3.85. The van der Waals surface area contributed by atoms with Gasteiger partial charge in [0.2, 0.25) is 0 Å². The highest BCUT2D eigenvalue weighted by molar-refractivity contribution is 5.86. The molecule has 0 bridgehead atoms. The van der Waals surface area contributed by atoms with E-state index in [9.17, 15) is 0 Å². The molecular weight excluding hydrogens is 250 g/mol. The lowest BCUT2D eigenvalue weighted by Gasteiger charge is -2.26. The van der Waals surface area contributed by atoms with Crippen LogP contribution in [0.5, 0.6) is 5.75 Å². The normalized spacial score (nSPS) is 16.4. The van der Waals surface area contributed by atoms with Crippen molar-refractivity contribution in [1.82, 2.24) is 4.90 Å². The Bertz CT molecular complexity index is 576. The second-order valence-corrected chi connectivity index (χ2v) is 5.26. The first-order chi connectivity index (χ1) is 9.83. The molecule has 0 radical (unpaired) electrons. The Labute approximate surface area is 120 Å². The van der Waals surface area contributed by atoms with Crippen LogP contribution in [0.3, 0.4) is 0 Å². The van der Waals surface area contributed by atoms with Crippen LogP contribution in [-0.2, 0) is 4.74 Å². The van der Waals surface area contributed by atoms with Crippen LogP contribution in [-0.4, -0.2) is 44.4 Å². The molecular formula is C17H21NO2. The molecule has 0 aromatic heterocycles. The summed E-state index contributed by atoms with van der Waals surface area (Å²) in [5.74, 6) is 0.955. The highest BCUT2D eigenvalue weighted by atomic mass is 16.5. The van der Waals surface area contributed by atoms with Crippen LogP contribution in [0.4, 0.5) is 0 Å². The summed E-state index contributed by atoms with van der Waals surface area (Å²) in [6.45, 7) is 7.55. The molecule has 3 nitrogen and oxygen atoms in total. The van der Waals surface area contributed by atoms with Gasteiger partial charge in [-0.15, -0.1) is 0 Å². The molecule has 1 saturated heterocycles. The number of benzene rings is 2. The minimum absolute atomic E-state index is 0.733. The lowest BCUT2D eigenvalue weighted by molar-refractivity contribution is 0.0322. The predicted molar refractivity (Wildman–Crippen MR) is 81.4 cm³/mol.